The van der Waals surface area contributed by atoms with Crippen LogP contribution in [-0.4, -0.2) is 36.1 Å². The molecule has 1 aromatic heterocycles. The second kappa shape index (κ2) is 8.28. The highest BCUT2D eigenvalue weighted by molar-refractivity contribution is 6.01. The molecule has 6 heteroatoms. The lowest BCUT2D eigenvalue weighted by Crippen LogP contribution is -2.30. The number of ether oxygens (including phenoxy) is 1. The van der Waals surface area contributed by atoms with E-state index in [-0.39, 0.29) is 5.91 Å². The molecule has 0 aliphatic carbocycles. The minimum atomic E-state index is -0.223. The third kappa shape index (κ3) is 4.79. The Morgan fingerprint density at radius 1 is 1.16 bits per heavy atom. The lowest BCUT2D eigenvalue weighted by molar-refractivity contribution is -0.111. The summed E-state index contributed by atoms with van der Waals surface area (Å²) in [6, 6.07) is 9.31. The van der Waals surface area contributed by atoms with Crippen LogP contribution in [-0.2, 0) is 4.79 Å². The molecule has 1 aromatic carbocycles. The van der Waals surface area contributed by atoms with E-state index in [1.54, 1.807) is 13.2 Å². The topological polar surface area (TPSA) is 67.3 Å². The zero-order valence-electron chi connectivity index (χ0n) is 14.3. The Morgan fingerprint density at radius 3 is 2.64 bits per heavy atom. The Hall–Kier alpha value is -2.89. The van der Waals surface area contributed by atoms with Gasteiger partial charge in [-0.15, -0.1) is 0 Å². The van der Waals surface area contributed by atoms with E-state index in [2.05, 4.69) is 20.2 Å². The Balaban J connectivity index is 1.61. The molecule has 0 radical (unpaired) electrons. The van der Waals surface area contributed by atoms with Crippen LogP contribution >= 0.6 is 0 Å². The van der Waals surface area contributed by atoms with Crippen molar-refractivity contribution in [2.45, 2.75) is 19.3 Å². The molecule has 2 heterocycles. The smallest absolute Gasteiger partial charge is 0.249 e. The third-order valence-corrected chi connectivity index (χ3v) is 4.13. The maximum atomic E-state index is 12.1. The predicted molar refractivity (Wildman–Crippen MR) is 98.8 cm³/mol. The number of benzene rings is 1. The number of nitrogens with zero attached hydrogens (tertiary/aromatic N) is 3. The molecule has 0 unspecified atom stereocenters. The fraction of sp³-hybridized carbons (Fsp3) is 0.316. The van der Waals surface area contributed by atoms with Gasteiger partial charge in [-0.2, -0.15) is 0 Å². The van der Waals surface area contributed by atoms with E-state index < -0.39 is 0 Å². The second-order valence-electron chi connectivity index (χ2n) is 5.90. The van der Waals surface area contributed by atoms with E-state index in [4.69, 9.17) is 4.74 Å². The van der Waals surface area contributed by atoms with Gasteiger partial charge in [0.2, 0.25) is 5.91 Å². The summed E-state index contributed by atoms with van der Waals surface area (Å²) in [7, 11) is 1.62. The summed E-state index contributed by atoms with van der Waals surface area (Å²) in [6.45, 7) is 2.00. The lowest BCUT2D eigenvalue weighted by Gasteiger charge is -2.27. The van der Waals surface area contributed by atoms with E-state index in [1.807, 2.05) is 30.3 Å². The molecular formula is C19H22N4O2. The summed E-state index contributed by atoms with van der Waals surface area (Å²) in [4.78, 5) is 22.8. The third-order valence-electron chi connectivity index (χ3n) is 4.13. The van der Waals surface area contributed by atoms with Crippen LogP contribution in [0.5, 0.6) is 5.75 Å². The van der Waals surface area contributed by atoms with Crippen molar-refractivity contribution in [1.82, 2.24) is 9.97 Å². The molecule has 25 heavy (non-hydrogen) atoms. The zero-order chi connectivity index (χ0) is 17.5. The van der Waals surface area contributed by atoms with Crippen molar-refractivity contribution in [1.29, 1.82) is 0 Å². The molecule has 1 N–H and O–H groups in total. The van der Waals surface area contributed by atoms with E-state index in [0.29, 0.717) is 5.82 Å². The first-order valence-corrected chi connectivity index (χ1v) is 8.45. The summed E-state index contributed by atoms with van der Waals surface area (Å²) in [5, 5.41) is 2.79. The number of rotatable bonds is 5. The molecular weight excluding hydrogens is 316 g/mol. The first-order chi connectivity index (χ1) is 12.2. The SMILES string of the molecule is COc1ccc(/C=C/C(=O)Nc2cc(N3CCCCC3)ncn2)cc1. The molecule has 1 fully saturated rings. The standard InChI is InChI=1S/C19H22N4O2/c1-25-16-8-5-15(6-9-16)7-10-19(24)22-17-13-18(21-14-20-17)23-11-3-2-4-12-23/h5-10,13-14H,2-4,11-12H2,1H3,(H,20,21,22,24)/b10-7+. The first-order valence-electron chi connectivity index (χ1n) is 8.45. The molecule has 2 aromatic rings. The predicted octanol–water partition coefficient (Wildman–Crippen LogP) is 3.13. The van der Waals surface area contributed by atoms with Crippen LogP contribution in [0.15, 0.2) is 42.7 Å². The molecule has 1 aliphatic rings. The summed E-state index contributed by atoms with van der Waals surface area (Å²) >= 11 is 0. The van der Waals surface area contributed by atoms with Crippen LogP contribution in [0.4, 0.5) is 11.6 Å². The minimum absolute atomic E-state index is 0.223. The van der Waals surface area contributed by atoms with E-state index in [9.17, 15) is 4.79 Å². The first kappa shape index (κ1) is 17.0. The van der Waals surface area contributed by atoms with Crippen molar-refractivity contribution in [2.24, 2.45) is 0 Å². The summed E-state index contributed by atoms with van der Waals surface area (Å²) in [5.74, 6) is 1.94. The molecule has 1 saturated heterocycles. The van der Waals surface area contributed by atoms with Gasteiger partial charge in [0.05, 0.1) is 7.11 Å². The van der Waals surface area contributed by atoms with Gasteiger partial charge in [0.25, 0.3) is 0 Å². The molecule has 1 aliphatic heterocycles. The average Bonchev–Trinajstić information content (AvgIpc) is 2.68. The summed E-state index contributed by atoms with van der Waals surface area (Å²) in [5.41, 5.74) is 0.924. The average molecular weight is 338 g/mol. The molecule has 0 bridgehead atoms. The van der Waals surface area contributed by atoms with Gasteiger partial charge in [-0.3, -0.25) is 4.79 Å². The Morgan fingerprint density at radius 2 is 1.92 bits per heavy atom. The van der Waals surface area contributed by atoms with Gasteiger partial charge in [-0.25, -0.2) is 9.97 Å². The molecule has 0 spiro atoms. The number of piperidine rings is 1. The molecule has 3 rings (SSSR count). The molecule has 0 saturated carbocycles. The normalized spacial score (nSPS) is 14.5. The van der Waals surface area contributed by atoms with Crippen LogP contribution in [0, 0.1) is 0 Å². The van der Waals surface area contributed by atoms with Crippen molar-refractivity contribution in [3.8, 4) is 5.75 Å². The largest absolute Gasteiger partial charge is 0.497 e. The molecule has 1 amide bonds. The van der Waals surface area contributed by atoms with Gasteiger partial charge in [-0.05, 0) is 43.0 Å². The molecule has 130 valence electrons. The Bertz CT molecular complexity index is 737. The Labute approximate surface area is 147 Å². The quantitative estimate of drug-likeness (QED) is 0.849. The summed E-state index contributed by atoms with van der Waals surface area (Å²) in [6.07, 6.45) is 8.35. The number of carbonyl (C=O) groups excluding carboxylic acids is 1. The van der Waals surface area contributed by atoms with Gasteiger partial charge in [-0.1, -0.05) is 12.1 Å². The fourth-order valence-corrected chi connectivity index (χ4v) is 2.77. The number of hydrogen-bond acceptors (Lipinski definition) is 5. The van der Waals surface area contributed by atoms with Crippen molar-refractivity contribution in [3.63, 3.8) is 0 Å². The minimum Gasteiger partial charge on any atom is -0.497 e. The van der Waals surface area contributed by atoms with Gasteiger partial charge in [0.1, 0.15) is 23.7 Å². The summed E-state index contributed by atoms with van der Waals surface area (Å²) < 4.78 is 5.11. The van der Waals surface area contributed by atoms with Crippen LogP contribution in [0.3, 0.4) is 0 Å². The number of amides is 1. The van der Waals surface area contributed by atoms with Gasteiger partial charge in [0.15, 0.2) is 0 Å². The van der Waals surface area contributed by atoms with Crippen LogP contribution in [0.1, 0.15) is 24.8 Å². The number of aromatic nitrogens is 2. The van der Waals surface area contributed by atoms with E-state index in [0.717, 1.165) is 30.2 Å². The maximum absolute atomic E-state index is 12.1. The number of carbonyl (C=O) groups is 1. The second-order valence-corrected chi connectivity index (χ2v) is 5.90. The molecule has 0 atom stereocenters. The van der Waals surface area contributed by atoms with E-state index in [1.165, 1.54) is 31.7 Å². The highest BCUT2D eigenvalue weighted by atomic mass is 16.5. The van der Waals surface area contributed by atoms with Crippen molar-refractivity contribution in [3.05, 3.63) is 48.3 Å². The van der Waals surface area contributed by atoms with Crippen LogP contribution < -0.4 is 15.0 Å². The number of anilines is 2. The van der Waals surface area contributed by atoms with Gasteiger partial charge < -0.3 is 15.0 Å². The van der Waals surface area contributed by atoms with Crippen LogP contribution in [0.25, 0.3) is 6.08 Å². The van der Waals surface area contributed by atoms with Gasteiger partial charge in [0, 0.05) is 25.2 Å². The molecule has 6 nitrogen and oxygen atoms in total. The monoisotopic (exact) mass is 338 g/mol. The number of hydrogen-bond donors (Lipinski definition) is 1. The highest BCUT2D eigenvalue weighted by Crippen LogP contribution is 2.19. The lowest BCUT2D eigenvalue weighted by atomic mass is 10.1. The maximum Gasteiger partial charge on any atom is 0.249 e. The van der Waals surface area contributed by atoms with E-state index >= 15 is 0 Å². The van der Waals surface area contributed by atoms with Crippen molar-refractivity contribution < 1.29 is 9.53 Å². The van der Waals surface area contributed by atoms with Crippen LogP contribution in [0.2, 0.25) is 0 Å². The number of methoxy groups -OCH3 is 1. The van der Waals surface area contributed by atoms with Crippen molar-refractivity contribution >= 4 is 23.6 Å². The van der Waals surface area contributed by atoms with Gasteiger partial charge >= 0.3 is 0 Å². The number of nitrogens with one attached hydrogen (secondary N) is 1. The highest BCUT2D eigenvalue weighted by Gasteiger charge is 2.13. The van der Waals surface area contributed by atoms with Crippen molar-refractivity contribution in [2.75, 3.05) is 30.4 Å². The Kier molecular flexibility index (Phi) is 5.61. The zero-order valence-corrected chi connectivity index (χ0v) is 14.3. The fourth-order valence-electron chi connectivity index (χ4n) is 2.77.